The van der Waals surface area contributed by atoms with E-state index in [1.807, 2.05) is 31.9 Å². The fourth-order valence-corrected chi connectivity index (χ4v) is 2.79. The molecule has 120 valence electrons. The second-order valence-corrected chi connectivity index (χ2v) is 6.15. The van der Waals surface area contributed by atoms with Gasteiger partial charge in [-0.2, -0.15) is 5.10 Å². The summed E-state index contributed by atoms with van der Waals surface area (Å²) in [5, 5.41) is 7.51. The molecule has 0 aliphatic carbocycles. The average Bonchev–Trinajstić information content (AvgIpc) is 3.00. The Morgan fingerprint density at radius 3 is 2.73 bits per heavy atom. The maximum Gasteiger partial charge on any atom is 0.194 e. The van der Waals surface area contributed by atoms with Gasteiger partial charge in [0.15, 0.2) is 5.96 Å². The molecule has 0 spiro atoms. The van der Waals surface area contributed by atoms with E-state index in [9.17, 15) is 0 Å². The third kappa shape index (κ3) is 4.13. The Kier molecular flexibility index (Phi) is 5.65. The maximum absolute atomic E-state index is 4.70. The fourth-order valence-electron chi connectivity index (χ4n) is 2.22. The van der Waals surface area contributed by atoms with Crippen LogP contribution in [0.5, 0.6) is 0 Å². The summed E-state index contributed by atoms with van der Waals surface area (Å²) in [5.41, 5.74) is 2.31. The van der Waals surface area contributed by atoms with Crippen LogP contribution in [0.15, 0.2) is 34.0 Å². The van der Waals surface area contributed by atoms with Crippen molar-refractivity contribution in [3.05, 3.63) is 40.4 Å². The molecule has 0 aromatic carbocycles. The van der Waals surface area contributed by atoms with Gasteiger partial charge >= 0.3 is 0 Å². The lowest BCUT2D eigenvalue weighted by Crippen LogP contribution is -2.38. The number of aryl methyl sites for hydroxylation is 2. The van der Waals surface area contributed by atoms with Crippen molar-refractivity contribution in [3.8, 4) is 0 Å². The van der Waals surface area contributed by atoms with Gasteiger partial charge in [-0.3, -0.25) is 4.68 Å². The standard InChI is InChI=1S/C15H23BrN6/c1-5-17-15(18-9-13-6-7-19-22(13)4)21(3)11-14-8-12(16)10-20(14)2/h6-8,10H,5,9,11H2,1-4H3,(H,17,18). The first-order valence-electron chi connectivity index (χ1n) is 7.28. The van der Waals surface area contributed by atoms with E-state index in [2.05, 4.69) is 55.0 Å². The summed E-state index contributed by atoms with van der Waals surface area (Å²) in [4.78, 5) is 6.83. The Bertz CT molecular complexity index is 642. The minimum absolute atomic E-state index is 0.611. The van der Waals surface area contributed by atoms with Crippen LogP contribution in [0, 0.1) is 0 Å². The monoisotopic (exact) mass is 366 g/mol. The molecule has 0 radical (unpaired) electrons. The summed E-state index contributed by atoms with van der Waals surface area (Å²) in [6, 6.07) is 4.11. The summed E-state index contributed by atoms with van der Waals surface area (Å²) in [7, 11) is 6.03. The molecule has 0 amide bonds. The molecule has 0 bridgehead atoms. The minimum atomic E-state index is 0.611. The Balaban J connectivity index is 2.09. The van der Waals surface area contributed by atoms with Crippen LogP contribution in [0.3, 0.4) is 0 Å². The number of rotatable bonds is 5. The molecule has 6 nitrogen and oxygen atoms in total. The molecule has 0 saturated heterocycles. The summed E-state index contributed by atoms with van der Waals surface area (Å²) < 4.78 is 5.06. The molecule has 1 N–H and O–H groups in total. The number of aromatic nitrogens is 3. The first kappa shape index (κ1) is 16.6. The van der Waals surface area contributed by atoms with E-state index < -0.39 is 0 Å². The van der Waals surface area contributed by atoms with Crippen molar-refractivity contribution >= 4 is 21.9 Å². The van der Waals surface area contributed by atoms with E-state index in [0.717, 1.165) is 29.2 Å². The van der Waals surface area contributed by atoms with Crippen molar-refractivity contribution in [2.75, 3.05) is 13.6 Å². The van der Waals surface area contributed by atoms with Crippen LogP contribution in [-0.4, -0.2) is 38.8 Å². The van der Waals surface area contributed by atoms with Gasteiger partial charge < -0.3 is 14.8 Å². The summed E-state index contributed by atoms with van der Waals surface area (Å²) in [6.45, 7) is 4.32. The highest BCUT2D eigenvalue weighted by Gasteiger charge is 2.10. The molecule has 2 aromatic rings. The lowest BCUT2D eigenvalue weighted by Gasteiger charge is -2.22. The van der Waals surface area contributed by atoms with Gasteiger partial charge in [0.1, 0.15) is 0 Å². The molecule has 0 fully saturated rings. The first-order valence-corrected chi connectivity index (χ1v) is 8.07. The largest absolute Gasteiger partial charge is 0.357 e. The van der Waals surface area contributed by atoms with Crippen molar-refractivity contribution in [2.45, 2.75) is 20.0 Å². The van der Waals surface area contributed by atoms with Crippen molar-refractivity contribution < 1.29 is 0 Å². The summed E-state index contributed by atoms with van der Waals surface area (Å²) >= 11 is 3.51. The van der Waals surface area contributed by atoms with E-state index in [1.165, 1.54) is 5.69 Å². The average molecular weight is 367 g/mol. The zero-order chi connectivity index (χ0) is 16.1. The molecule has 0 aliphatic rings. The van der Waals surface area contributed by atoms with Gasteiger partial charge in [0, 0.05) is 50.2 Å². The van der Waals surface area contributed by atoms with Crippen molar-refractivity contribution in [2.24, 2.45) is 19.1 Å². The van der Waals surface area contributed by atoms with Gasteiger partial charge in [0.25, 0.3) is 0 Å². The van der Waals surface area contributed by atoms with Crippen LogP contribution >= 0.6 is 15.9 Å². The first-order chi connectivity index (χ1) is 10.5. The zero-order valence-electron chi connectivity index (χ0n) is 13.5. The number of hydrogen-bond acceptors (Lipinski definition) is 2. The molecule has 2 aromatic heterocycles. The third-order valence-corrected chi connectivity index (χ3v) is 3.92. The number of hydrogen-bond donors (Lipinski definition) is 1. The van der Waals surface area contributed by atoms with Crippen molar-refractivity contribution in [1.82, 2.24) is 24.6 Å². The summed E-state index contributed by atoms with van der Waals surface area (Å²) in [6.07, 6.45) is 3.85. The van der Waals surface area contributed by atoms with E-state index in [1.54, 1.807) is 6.20 Å². The van der Waals surface area contributed by atoms with E-state index in [-0.39, 0.29) is 0 Å². The second-order valence-electron chi connectivity index (χ2n) is 5.23. The van der Waals surface area contributed by atoms with Crippen LogP contribution in [0.25, 0.3) is 0 Å². The lowest BCUT2D eigenvalue weighted by atomic mass is 10.4. The van der Waals surface area contributed by atoms with Gasteiger partial charge in [0.2, 0.25) is 0 Å². The Morgan fingerprint density at radius 2 is 2.18 bits per heavy atom. The SMILES string of the molecule is CCNC(=NCc1ccnn1C)N(C)Cc1cc(Br)cn1C. The smallest absolute Gasteiger partial charge is 0.194 e. The predicted molar refractivity (Wildman–Crippen MR) is 92.6 cm³/mol. The zero-order valence-corrected chi connectivity index (χ0v) is 15.1. The predicted octanol–water partition coefficient (Wildman–Crippen LogP) is 2.12. The quantitative estimate of drug-likeness (QED) is 0.651. The molecular formula is C15H23BrN6. The molecule has 2 heterocycles. The molecule has 0 aliphatic heterocycles. The van der Waals surface area contributed by atoms with Gasteiger partial charge in [-0.05, 0) is 35.0 Å². The Morgan fingerprint density at radius 1 is 1.41 bits per heavy atom. The van der Waals surface area contributed by atoms with Gasteiger partial charge in [-0.1, -0.05) is 0 Å². The number of aliphatic imine (C=N–C) groups is 1. The van der Waals surface area contributed by atoms with Crippen molar-refractivity contribution in [3.63, 3.8) is 0 Å². The van der Waals surface area contributed by atoms with Gasteiger partial charge in [-0.25, -0.2) is 4.99 Å². The van der Waals surface area contributed by atoms with Crippen LogP contribution < -0.4 is 5.32 Å². The highest BCUT2D eigenvalue weighted by molar-refractivity contribution is 9.10. The van der Waals surface area contributed by atoms with Gasteiger partial charge in [0.05, 0.1) is 18.8 Å². The van der Waals surface area contributed by atoms with E-state index in [0.29, 0.717) is 6.54 Å². The topological polar surface area (TPSA) is 50.4 Å². The maximum atomic E-state index is 4.70. The number of halogens is 1. The summed E-state index contributed by atoms with van der Waals surface area (Å²) in [5.74, 6) is 0.890. The lowest BCUT2D eigenvalue weighted by molar-refractivity contribution is 0.461. The van der Waals surface area contributed by atoms with Crippen LogP contribution in [0.4, 0.5) is 0 Å². The van der Waals surface area contributed by atoms with Crippen LogP contribution in [-0.2, 0) is 27.2 Å². The van der Waals surface area contributed by atoms with Crippen LogP contribution in [0.2, 0.25) is 0 Å². The molecule has 22 heavy (non-hydrogen) atoms. The van der Waals surface area contributed by atoms with E-state index >= 15 is 0 Å². The molecule has 2 rings (SSSR count). The third-order valence-electron chi connectivity index (χ3n) is 3.48. The number of nitrogens with zero attached hydrogens (tertiary/aromatic N) is 5. The molecule has 7 heteroatoms. The highest BCUT2D eigenvalue weighted by atomic mass is 79.9. The fraction of sp³-hybridized carbons (Fsp3) is 0.467. The molecule has 0 saturated carbocycles. The number of guanidine groups is 1. The molecule has 0 atom stereocenters. The number of nitrogens with one attached hydrogen (secondary N) is 1. The Labute approximate surface area is 140 Å². The molecule has 0 unspecified atom stereocenters. The van der Waals surface area contributed by atoms with E-state index in [4.69, 9.17) is 4.99 Å². The molecular weight excluding hydrogens is 344 g/mol. The normalized spacial score (nSPS) is 11.8. The van der Waals surface area contributed by atoms with Gasteiger partial charge in [-0.15, -0.1) is 0 Å². The Hall–Kier alpha value is -1.76. The van der Waals surface area contributed by atoms with Crippen LogP contribution in [0.1, 0.15) is 18.3 Å². The second kappa shape index (κ2) is 7.49. The van der Waals surface area contributed by atoms with Crippen molar-refractivity contribution in [1.29, 1.82) is 0 Å². The highest BCUT2D eigenvalue weighted by Crippen LogP contribution is 2.15. The minimum Gasteiger partial charge on any atom is -0.357 e.